The third kappa shape index (κ3) is 4.80. The van der Waals surface area contributed by atoms with E-state index in [0.717, 1.165) is 49.0 Å². The van der Waals surface area contributed by atoms with Crippen LogP contribution in [0.1, 0.15) is 31.8 Å². The first-order chi connectivity index (χ1) is 16.7. The fourth-order valence-corrected chi connectivity index (χ4v) is 3.78. The fourth-order valence-electron chi connectivity index (χ4n) is 3.78. The molecule has 0 radical (unpaired) electrons. The van der Waals surface area contributed by atoms with Gasteiger partial charge >= 0.3 is 0 Å². The molecule has 8 heteroatoms. The Bertz CT molecular complexity index is 1260. The first kappa shape index (κ1) is 21.4. The van der Waals surface area contributed by atoms with E-state index in [1.165, 1.54) is 0 Å². The number of hydrogen-bond donors (Lipinski definition) is 4. The number of amides is 2. The Balaban J connectivity index is 1.17. The van der Waals surface area contributed by atoms with Gasteiger partial charge in [0.15, 0.2) is 0 Å². The molecule has 170 valence electrons. The van der Waals surface area contributed by atoms with Gasteiger partial charge in [0.2, 0.25) is 0 Å². The van der Waals surface area contributed by atoms with Gasteiger partial charge in [-0.3, -0.25) is 19.6 Å². The molecule has 3 aromatic rings. The Morgan fingerprint density at radius 3 is 1.38 bits per heavy atom. The normalized spacial score (nSPS) is 14.5. The monoisotopic (exact) mass is 452 g/mol. The molecule has 2 aliphatic heterocycles. The molecule has 0 fully saturated rings. The van der Waals surface area contributed by atoms with Crippen LogP contribution >= 0.6 is 0 Å². The number of benzene rings is 3. The minimum absolute atomic E-state index is 0.216. The highest BCUT2D eigenvalue weighted by molar-refractivity contribution is 6.07. The van der Waals surface area contributed by atoms with E-state index >= 15 is 0 Å². The lowest BCUT2D eigenvalue weighted by Gasteiger charge is -2.09. The number of rotatable bonds is 6. The second kappa shape index (κ2) is 9.58. The molecular formula is C26H24N6O2. The van der Waals surface area contributed by atoms with Crippen molar-refractivity contribution in [3.63, 3.8) is 0 Å². The lowest BCUT2D eigenvalue weighted by atomic mass is 10.1. The van der Waals surface area contributed by atoms with Gasteiger partial charge in [-0.25, -0.2) is 0 Å². The number of nitrogens with one attached hydrogen (secondary N) is 4. The summed E-state index contributed by atoms with van der Waals surface area (Å²) in [5.74, 6) is 1.30. The summed E-state index contributed by atoms with van der Waals surface area (Å²) in [6.07, 6.45) is 0. The smallest absolute Gasteiger partial charge is 0.255 e. The summed E-state index contributed by atoms with van der Waals surface area (Å²) in [6.45, 7) is 3.24. The van der Waals surface area contributed by atoms with Gasteiger partial charge in [0, 0.05) is 46.7 Å². The van der Waals surface area contributed by atoms with E-state index in [1.54, 1.807) is 36.4 Å². The molecule has 0 aliphatic carbocycles. The lowest BCUT2D eigenvalue weighted by molar-refractivity contribution is 0.102. The SMILES string of the molecule is O=C(Nc1ccc(C2=NCCN2)cc1)c1ccc(NC(=O)c2ccc(C3=NCCN3)cc2)cc1. The van der Waals surface area contributed by atoms with Crippen molar-refractivity contribution >= 4 is 34.9 Å². The molecule has 4 N–H and O–H groups in total. The van der Waals surface area contributed by atoms with E-state index in [9.17, 15) is 9.59 Å². The number of anilines is 2. The number of aliphatic imine (C=N–C) groups is 2. The molecule has 0 atom stereocenters. The molecule has 2 heterocycles. The number of amidine groups is 2. The second-order valence-electron chi connectivity index (χ2n) is 7.95. The maximum Gasteiger partial charge on any atom is 0.255 e. The molecule has 0 bridgehead atoms. The van der Waals surface area contributed by atoms with Gasteiger partial charge in [-0.1, -0.05) is 12.1 Å². The first-order valence-corrected chi connectivity index (χ1v) is 11.2. The Kier molecular flexibility index (Phi) is 6.03. The molecule has 3 aromatic carbocycles. The average molecular weight is 453 g/mol. The van der Waals surface area contributed by atoms with Crippen LogP contribution in [0.15, 0.2) is 82.8 Å². The maximum atomic E-state index is 12.6. The summed E-state index contributed by atoms with van der Waals surface area (Å²) in [6, 6.07) is 21.7. The summed E-state index contributed by atoms with van der Waals surface area (Å²) in [4.78, 5) is 34.0. The molecule has 0 unspecified atom stereocenters. The highest BCUT2D eigenvalue weighted by Gasteiger charge is 2.12. The number of carbonyl (C=O) groups excluding carboxylic acids is 2. The number of hydrogen-bond acceptors (Lipinski definition) is 6. The van der Waals surface area contributed by atoms with Crippen LogP contribution in [0, 0.1) is 0 Å². The molecule has 34 heavy (non-hydrogen) atoms. The minimum Gasteiger partial charge on any atom is -0.368 e. The molecule has 0 saturated carbocycles. The van der Waals surface area contributed by atoms with E-state index in [0.29, 0.717) is 22.5 Å². The number of carbonyl (C=O) groups is 2. The van der Waals surface area contributed by atoms with E-state index in [-0.39, 0.29) is 11.8 Å². The highest BCUT2D eigenvalue weighted by Crippen LogP contribution is 2.16. The van der Waals surface area contributed by atoms with Gasteiger partial charge in [0.25, 0.3) is 11.8 Å². The van der Waals surface area contributed by atoms with Gasteiger partial charge in [-0.15, -0.1) is 0 Å². The van der Waals surface area contributed by atoms with Crippen LogP contribution in [-0.2, 0) is 0 Å². The first-order valence-electron chi connectivity index (χ1n) is 11.2. The van der Waals surface area contributed by atoms with Crippen molar-refractivity contribution in [3.05, 3.63) is 95.1 Å². The standard InChI is InChI=1S/C26H24N6O2/c33-25(19-3-1-17(2-4-19)23-27-13-14-28-23)32-22-11-7-20(8-12-22)26(34)31-21-9-5-18(6-10-21)24-29-15-16-30-24/h1-12H,13-16H2,(H,27,28)(H,29,30)(H,31,34)(H,32,33). The predicted molar refractivity (Wildman–Crippen MR) is 134 cm³/mol. The van der Waals surface area contributed by atoms with Crippen molar-refractivity contribution in [1.29, 1.82) is 0 Å². The molecular weight excluding hydrogens is 428 g/mol. The lowest BCUT2D eigenvalue weighted by Crippen LogP contribution is -2.19. The van der Waals surface area contributed by atoms with Gasteiger partial charge in [-0.05, 0) is 60.7 Å². The van der Waals surface area contributed by atoms with Crippen molar-refractivity contribution in [1.82, 2.24) is 10.6 Å². The zero-order valence-electron chi connectivity index (χ0n) is 18.5. The summed E-state index contributed by atoms with van der Waals surface area (Å²) >= 11 is 0. The van der Waals surface area contributed by atoms with E-state index in [4.69, 9.17) is 0 Å². The Hall–Kier alpha value is -4.46. The quantitative estimate of drug-likeness (QED) is 0.461. The molecule has 5 rings (SSSR count). The van der Waals surface area contributed by atoms with Crippen LogP contribution in [0.2, 0.25) is 0 Å². The van der Waals surface area contributed by atoms with E-state index in [2.05, 4.69) is 31.3 Å². The summed E-state index contributed by atoms with van der Waals surface area (Å²) in [7, 11) is 0. The van der Waals surface area contributed by atoms with Crippen LogP contribution in [0.5, 0.6) is 0 Å². The molecule has 0 saturated heterocycles. The van der Waals surface area contributed by atoms with Crippen LogP contribution < -0.4 is 21.3 Å². The second-order valence-corrected chi connectivity index (χ2v) is 7.95. The van der Waals surface area contributed by atoms with Gasteiger partial charge in [0.1, 0.15) is 11.7 Å². The van der Waals surface area contributed by atoms with Gasteiger partial charge in [0.05, 0.1) is 13.1 Å². The van der Waals surface area contributed by atoms with Crippen LogP contribution in [0.3, 0.4) is 0 Å². The summed E-state index contributed by atoms with van der Waals surface area (Å²) in [5, 5.41) is 12.2. The van der Waals surface area contributed by atoms with Crippen molar-refractivity contribution in [2.24, 2.45) is 9.98 Å². The average Bonchev–Trinajstić information content (AvgIpc) is 3.60. The molecule has 0 aromatic heterocycles. The van der Waals surface area contributed by atoms with Crippen LogP contribution in [-0.4, -0.2) is 49.7 Å². The van der Waals surface area contributed by atoms with Crippen molar-refractivity contribution in [2.45, 2.75) is 0 Å². The largest absolute Gasteiger partial charge is 0.368 e. The summed E-state index contributed by atoms with van der Waals surface area (Å²) in [5.41, 5.74) is 4.32. The van der Waals surface area contributed by atoms with Crippen LogP contribution in [0.25, 0.3) is 0 Å². The van der Waals surface area contributed by atoms with Gasteiger partial charge in [-0.2, -0.15) is 0 Å². The van der Waals surface area contributed by atoms with Crippen molar-refractivity contribution < 1.29 is 9.59 Å². The minimum atomic E-state index is -0.221. The summed E-state index contributed by atoms with van der Waals surface area (Å²) < 4.78 is 0. The molecule has 2 aliphatic rings. The third-order valence-electron chi connectivity index (χ3n) is 5.59. The number of nitrogens with zero attached hydrogens (tertiary/aromatic N) is 2. The highest BCUT2D eigenvalue weighted by atomic mass is 16.2. The van der Waals surface area contributed by atoms with E-state index in [1.807, 2.05) is 36.4 Å². The van der Waals surface area contributed by atoms with Gasteiger partial charge < -0.3 is 21.3 Å². The molecule has 0 spiro atoms. The zero-order chi connectivity index (χ0) is 23.3. The Morgan fingerprint density at radius 1 is 0.588 bits per heavy atom. The van der Waals surface area contributed by atoms with E-state index < -0.39 is 0 Å². The fraction of sp³-hybridized carbons (Fsp3) is 0.154. The van der Waals surface area contributed by atoms with Crippen molar-refractivity contribution in [2.75, 3.05) is 36.8 Å². The third-order valence-corrected chi connectivity index (χ3v) is 5.59. The molecule has 8 nitrogen and oxygen atoms in total. The predicted octanol–water partition coefficient (Wildman–Crippen LogP) is 2.89. The Labute approximate surface area is 197 Å². The molecule has 2 amide bonds. The Morgan fingerprint density at radius 2 is 0.971 bits per heavy atom. The zero-order valence-corrected chi connectivity index (χ0v) is 18.5. The van der Waals surface area contributed by atoms with Crippen molar-refractivity contribution in [3.8, 4) is 0 Å². The maximum absolute atomic E-state index is 12.6. The van der Waals surface area contributed by atoms with Crippen LogP contribution in [0.4, 0.5) is 11.4 Å². The topological polar surface area (TPSA) is 107 Å².